The Morgan fingerprint density at radius 1 is 1.77 bits per heavy atom. The predicted octanol–water partition coefficient (Wildman–Crippen LogP) is 0.395. The third-order valence-electron chi connectivity index (χ3n) is 2.22. The number of nitriles is 1. The lowest BCUT2D eigenvalue weighted by atomic mass is 10.00. The van der Waals surface area contributed by atoms with Crippen molar-refractivity contribution >= 4 is 5.91 Å². The molecule has 1 saturated heterocycles. The Balaban J connectivity index is 2.42. The summed E-state index contributed by atoms with van der Waals surface area (Å²) in [6, 6.07) is 2.20. The highest BCUT2D eigenvalue weighted by Crippen LogP contribution is 2.15. The largest absolute Gasteiger partial charge is 0.375 e. The van der Waals surface area contributed by atoms with E-state index in [1.807, 2.05) is 0 Å². The number of amides is 1. The molecule has 1 unspecified atom stereocenters. The molecule has 1 heterocycles. The number of carbonyl (C=O) groups excluding carboxylic acids is 1. The van der Waals surface area contributed by atoms with Crippen molar-refractivity contribution in [3.8, 4) is 6.07 Å². The number of methoxy groups -OCH3 is 1. The molecule has 13 heavy (non-hydrogen) atoms. The molecule has 0 aromatic carbocycles. The molecule has 4 heteroatoms. The van der Waals surface area contributed by atoms with Gasteiger partial charge < -0.3 is 9.64 Å². The lowest BCUT2D eigenvalue weighted by molar-refractivity contribution is -0.136. The summed E-state index contributed by atoms with van der Waals surface area (Å²) in [4.78, 5) is 13.1. The summed E-state index contributed by atoms with van der Waals surface area (Å²) in [7, 11) is 1.50. The summed E-state index contributed by atoms with van der Waals surface area (Å²) < 4.78 is 4.75. The summed E-state index contributed by atoms with van der Waals surface area (Å²) >= 11 is 0. The molecule has 1 amide bonds. The Morgan fingerprint density at radius 3 is 3.15 bits per heavy atom. The molecule has 0 aromatic rings. The summed E-state index contributed by atoms with van der Waals surface area (Å²) in [5, 5.41) is 8.70. The van der Waals surface area contributed by atoms with Gasteiger partial charge in [-0.15, -0.1) is 0 Å². The lowest BCUT2D eigenvalue weighted by Crippen LogP contribution is -2.41. The van der Waals surface area contributed by atoms with Crippen molar-refractivity contribution in [1.82, 2.24) is 4.90 Å². The molecule has 1 atom stereocenters. The van der Waals surface area contributed by atoms with Crippen LogP contribution in [0.25, 0.3) is 0 Å². The zero-order chi connectivity index (χ0) is 9.68. The van der Waals surface area contributed by atoms with Crippen LogP contribution in [0.15, 0.2) is 0 Å². The summed E-state index contributed by atoms with van der Waals surface area (Å²) in [6.07, 6.45) is 1.83. The fourth-order valence-electron chi connectivity index (χ4n) is 1.52. The monoisotopic (exact) mass is 182 g/mol. The van der Waals surface area contributed by atoms with Crippen LogP contribution in [0, 0.1) is 17.2 Å². The molecule has 0 aliphatic carbocycles. The van der Waals surface area contributed by atoms with Gasteiger partial charge in [-0.05, 0) is 12.8 Å². The smallest absolute Gasteiger partial charge is 0.248 e. The van der Waals surface area contributed by atoms with E-state index in [1.54, 1.807) is 4.90 Å². The summed E-state index contributed by atoms with van der Waals surface area (Å²) in [6.45, 7) is 1.46. The van der Waals surface area contributed by atoms with E-state index in [2.05, 4.69) is 6.07 Å². The number of hydrogen-bond donors (Lipinski definition) is 0. The molecule has 0 radical (unpaired) electrons. The lowest BCUT2D eigenvalue weighted by Gasteiger charge is -2.29. The summed E-state index contributed by atoms with van der Waals surface area (Å²) in [5.41, 5.74) is 0. The van der Waals surface area contributed by atoms with Crippen molar-refractivity contribution in [1.29, 1.82) is 5.26 Å². The predicted molar refractivity (Wildman–Crippen MR) is 46.8 cm³/mol. The molecular weight excluding hydrogens is 168 g/mol. The van der Waals surface area contributed by atoms with Crippen LogP contribution in [0.3, 0.4) is 0 Å². The Hall–Kier alpha value is -1.08. The second-order valence-electron chi connectivity index (χ2n) is 3.24. The molecular formula is C9H14N2O2. The molecule has 1 aliphatic rings. The second-order valence-corrected chi connectivity index (χ2v) is 3.24. The topological polar surface area (TPSA) is 53.3 Å². The maximum atomic E-state index is 11.4. The van der Waals surface area contributed by atoms with Crippen LogP contribution in [-0.4, -0.2) is 37.6 Å². The van der Waals surface area contributed by atoms with E-state index in [1.165, 1.54) is 7.11 Å². The van der Waals surface area contributed by atoms with Gasteiger partial charge in [-0.25, -0.2) is 0 Å². The highest BCUT2D eigenvalue weighted by Gasteiger charge is 2.22. The number of hydrogen-bond acceptors (Lipinski definition) is 3. The van der Waals surface area contributed by atoms with E-state index in [0.29, 0.717) is 6.54 Å². The number of likely N-dealkylation sites (tertiary alicyclic amines) is 1. The number of nitrogens with zero attached hydrogens (tertiary/aromatic N) is 2. The van der Waals surface area contributed by atoms with Crippen molar-refractivity contribution in [3.63, 3.8) is 0 Å². The average molecular weight is 182 g/mol. The minimum atomic E-state index is -0.0116. The average Bonchev–Trinajstić information content (AvgIpc) is 2.18. The van der Waals surface area contributed by atoms with Crippen LogP contribution >= 0.6 is 0 Å². The SMILES string of the molecule is COCC(=O)N1CCCC(C#N)C1. The van der Waals surface area contributed by atoms with Gasteiger partial charge in [0.15, 0.2) is 0 Å². The minimum Gasteiger partial charge on any atom is -0.375 e. The molecule has 1 aliphatic heterocycles. The van der Waals surface area contributed by atoms with Gasteiger partial charge in [0.1, 0.15) is 6.61 Å². The zero-order valence-electron chi connectivity index (χ0n) is 7.82. The highest BCUT2D eigenvalue weighted by atomic mass is 16.5. The van der Waals surface area contributed by atoms with Gasteiger partial charge in [0.05, 0.1) is 12.0 Å². The van der Waals surface area contributed by atoms with Gasteiger partial charge >= 0.3 is 0 Å². The third-order valence-corrected chi connectivity index (χ3v) is 2.22. The van der Waals surface area contributed by atoms with Crippen molar-refractivity contribution < 1.29 is 9.53 Å². The number of ether oxygens (including phenoxy) is 1. The van der Waals surface area contributed by atoms with Gasteiger partial charge in [0.2, 0.25) is 5.91 Å². The first kappa shape index (κ1) is 10.0. The zero-order valence-corrected chi connectivity index (χ0v) is 7.82. The van der Waals surface area contributed by atoms with Crippen LogP contribution in [0.1, 0.15) is 12.8 Å². The van der Waals surface area contributed by atoms with Crippen molar-refractivity contribution in [2.24, 2.45) is 5.92 Å². The van der Waals surface area contributed by atoms with Crippen LogP contribution < -0.4 is 0 Å². The number of rotatable bonds is 2. The van der Waals surface area contributed by atoms with Crippen molar-refractivity contribution in [2.75, 3.05) is 26.8 Å². The Kier molecular flexibility index (Phi) is 3.71. The van der Waals surface area contributed by atoms with Crippen LogP contribution in [-0.2, 0) is 9.53 Å². The molecule has 72 valence electrons. The molecule has 0 N–H and O–H groups in total. The van der Waals surface area contributed by atoms with E-state index in [9.17, 15) is 4.79 Å². The van der Waals surface area contributed by atoms with Crippen molar-refractivity contribution in [3.05, 3.63) is 0 Å². The Labute approximate surface area is 78.1 Å². The molecule has 0 spiro atoms. The van der Waals surface area contributed by atoms with Gasteiger partial charge in [0.25, 0.3) is 0 Å². The van der Waals surface area contributed by atoms with E-state index >= 15 is 0 Å². The van der Waals surface area contributed by atoms with Gasteiger partial charge in [-0.3, -0.25) is 4.79 Å². The number of carbonyl (C=O) groups is 1. The molecule has 4 nitrogen and oxygen atoms in total. The highest BCUT2D eigenvalue weighted by molar-refractivity contribution is 5.77. The molecule has 0 aromatic heterocycles. The van der Waals surface area contributed by atoms with Crippen molar-refractivity contribution in [2.45, 2.75) is 12.8 Å². The van der Waals surface area contributed by atoms with Crippen LogP contribution in [0.5, 0.6) is 0 Å². The van der Waals surface area contributed by atoms with Gasteiger partial charge in [0, 0.05) is 20.2 Å². The maximum Gasteiger partial charge on any atom is 0.248 e. The fraction of sp³-hybridized carbons (Fsp3) is 0.778. The van der Waals surface area contributed by atoms with E-state index in [0.717, 1.165) is 19.4 Å². The van der Waals surface area contributed by atoms with E-state index in [-0.39, 0.29) is 18.4 Å². The molecule has 1 rings (SSSR count). The normalized spacial score (nSPS) is 22.5. The second kappa shape index (κ2) is 4.83. The fourth-order valence-corrected chi connectivity index (χ4v) is 1.52. The minimum absolute atomic E-state index is 0.00885. The molecule has 0 saturated carbocycles. The van der Waals surface area contributed by atoms with Gasteiger partial charge in [-0.1, -0.05) is 0 Å². The standard InChI is InChI=1S/C9H14N2O2/c1-13-7-9(12)11-4-2-3-8(5-10)6-11/h8H,2-4,6-7H2,1H3. The quantitative estimate of drug-likeness (QED) is 0.621. The first-order valence-corrected chi connectivity index (χ1v) is 4.44. The van der Waals surface area contributed by atoms with Gasteiger partial charge in [-0.2, -0.15) is 5.26 Å². The first-order valence-electron chi connectivity index (χ1n) is 4.44. The van der Waals surface area contributed by atoms with Crippen LogP contribution in [0.4, 0.5) is 0 Å². The maximum absolute atomic E-state index is 11.4. The number of piperidine rings is 1. The van der Waals surface area contributed by atoms with E-state index in [4.69, 9.17) is 10.00 Å². The first-order chi connectivity index (χ1) is 6.27. The third kappa shape index (κ3) is 2.71. The summed E-state index contributed by atoms with van der Waals surface area (Å²) in [5.74, 6) is -0.00277. The van der Waals surface area contributed by atoms with E-state index < -0.39 is 0 Å². The van der Waals surface area contributed by atoms with Crippen LogP contribution in [0.2, 0.25) is 0 Å². The molecule has 1 fully saturated rings. The molecule has 0 bridgehead atoms. The Bertz CT molecular complexity index is 222. The Morgan fingerprint density at radius 2 is 2.54 bits per heavy atom.